The second-order valence-corrected chi connectivity index (χ2v) is 4.94. The fourth-order valence-electron chi connectivity index (χ4n) is 2.03. The Morgan fingerprint density at radius 2 is 2.10 bits per heavy atom. The van der Waals surface area contributed by atoms with Crippen LogP contribution in [0.2, 0.25) is 0 Å². The molecule has 6 heteroatoms. The van der Waals surface area contributed by atoms with Crippen molar-refractivity contribution >= 4 is 17.6 Å². The standard InChI is InChI=1S/C14H21N3O3/c1-8(14(19)20)5-4-6-16-11-7-9(2)17-10(3)12(11)13(15)18/h7-8H,4-6H2,1-3H3,(H2,15,18)(H,16,17)(H,19,20). The molecule has 1 aromatic rings. The van der Waals surface area contributed by atoms with E-state index < -0.39 is 11.9 Å². The summed E-state index contributed by atoms with van der Waals surface area (Å²) in [4.78, 5) is 26.4. The molecule has 1 amide bonds. The summed E-state index contributed by atoms with van der Waals surface area (Å²) < 4.78 is 0. The topological polar surface area (TPSA) is 105 Å². The molecule has 0 aliphatic carbocycles. The van der Waals surface area contributed by atoms with Gasteiger partial charge in [-0.15, -0.1) is 0 Å². The van der Waals surface area contributed by atoms with Crippen LogP contribution in [0.25, 0.3) is 0 Å². The first-order chi connectivity index (χ1) is 9.32. The van der Waals surface area contributed by atoms with Gasteiger partial charge in [-0.1, -0.05) is 6.92 Å². The number of nitrogens with two attached hydrogens (primary N) is 1. The maximum atomic E-state index is 11.4. The molecule has 0 spiro atoms. The number of carboxylic acid groups (broad SMARTS) is 1. The van der Waals surface area contributed by atoms with E-state index in [0.29, 0.717) is 36.3 Å². The predicted octanol–water partition coefficient (Wildman–Crippen LogP) is 1.71. The SMILES string of the molecule is Cc1cc(NCCCC(C)C(=O)O)c(C(N)=O)c(C)n1. The third kappa shape index (κ3) is 4.22. The Hall–Kier alpha value is -2.11. The summed E-state index contributed by atoms with van der Waals surface area (Å²) in [5, 5.41) is 11.9. The monoisotopic (exact) mass is 279 g/mol. The average Bonchev–Trinajstić information content (AvgIpc) is 2.32. The Balaban J connectivity index is 2.68. The summed E-state index contributed by atoms with van der Waals surface area (Å²) in [6.07, 6.45) is 1.28. The van der Waals surface area contributed by atoms with Gasteiger partial charge in [0.1, 0.15) is 0 Å². The van der Waals surface area contributed by atoms with E-state index >= 15 is 0 Å². The largest absolute Gasteiger partial charge is 0.481 e. The van der Waals surface area contributed by atoms with Crippen molar-refractivity contribution in [2.75, 3.05) is 11.9 Å². The second-order valence-electron chi connectivity index (χ2n) is 4.94. The molecule has 0 bridgehead atoms. The number of carbonyl (C=O) groups excluding carboxylic acids is 1. The van der Waals surface area contributed by atoms with Crippen LogP contribution < -0.4 is 11.1 Å². The molecule has 0 aliphatic heterocycles. The van der Waals surface area contributed by atoms with Crippen LogP contribution in [0, 0.1) is 19.8 Å². The number of rotatable bonds is 7. The van der Waals surface area contributed by atoms with Gasteiger partial charge in [0.05, 0.1) is 22.9 Å². The zero-order valence-corrected chi connectivity index (χ0v) is 12.1. The number of pyridine rings is 1. The van der Waals surface area contributed by atoms with Crippen molar-refractivity contribution in [1.29, 1.82) is 0 Å². The first-order valence-corrected chi connectivity index (χ1v) is 6.57. The van der Waals surface area contributed by atoms with Gasteiger partial charge >= 0.3 is 5.97 Å². The van der Waals surface area contributed by atoms with E-state index in [4.69, 9.17) is 10.8 Å². The molecule has 0 aliphatic rings. The lowest BCUT2D eigenvalue weighted by molar-refractivity contribution is -0.141. The number of anilines is 1. The van der Waals surface area contributed by atoms with Gasteiger partial charge in [0.15, 0.2) is 0 Å². The zero-order chi connectivity index (χ0) is 15.3. The van der Waals surface area contributed by atoms with E-state index in [1.54, 1.807) is 19.9 Å². The van der Waals surface area contributed by atoms with Crippen molar-refractivity contribution in [3.8, 4) is 0 Å². The molecule has 0 saturated carbocycles. The predicted molar refractivity (Wildman–Crippen MR) is 76.8 cm³/mol. The normalized spacial score (nSPS) is 11.9. The Labute approximate surface area is 118 Å². The van der Waals surface area contributed by atoms with Crippen LogP contribution in [-0.2, 0) is 4.79 Å². The van der Waals surface area contributed by atoms with Crippen LogP contribution in [0.3, 0.4) is 0 Å². The van der Waals surface area contributed by atoms with Gasteiger partial charge in [0, 0.05) is 12.2 Å². The molecule has 1 rings (SSSR count). The number of hydrogen-bond donors (Lipinski definition) is 3. The summed E-state index contributed by atoms with van der Waals surface area (Å²) in [5.74, 6) is -1.68. The van der Waals surface area contributed by atoms with E-state index in [2.05, 4.69) is 10.3 Å². The van der Waals surface area contributed by atoms with Crippen molar-refractivity contribution in [3.63, 3.8) is 0 Å². The first kappa shape index (κ1) is 15.9. The molecule has 1 unspecified atom stereocenters. The van der Waals surface area contributed by atoms with Crippen LogP contribution >= 0.6 is 0 Å². The lowest BCUT2D eigenvalue weighted by Crippen LogP contribution is -2.18. The lowest BCUT2D eigenvalue weighted by atomic mass is 10.1. The Kier molecular flexibility index (Phi) is 5.49. The van der Waals surface area contributed by atoms with Gasteiger partial charge in [0.2, 0.25) is 0 Å². The molecule has 1 atom stereocenters. The Morgan fingerprint density at radius 3 is 2.65 bits per heavy atom. The van der Waals surface area contributed by atoms with Gasteiger partial charge in [0.25, 0.3) is 5.91 Å². The first-order valence-electron chi connectivity index (χ1n) is 6.57. The van der Waals surface area contributed by atoms with Gasteiger partial charge in [-0.25, -0.2) is 0 Å². The molecule has 1 aromatic heterocycles. The van der Waals surface area contributed by atoms with Crippen molar-refractivity contribution in [3.05, 3.63) is 23.0 Å². The number of primary amides is 1. The smallest absolute Gasteiger partial charge is 0.306 e. The molecule has 0 radical (unpaired) electrons. The number of aryl methyl sites for hydroxylation is 2. The fourth-order valence-corrected chi connectivity index (χ4v) is 2.03. The number of nitrogens with zero attached hydrogens (tertiary/aromatic N) is 1. The van der Waals surface area contributed by atoms with E-state index in [1.165, 1.54) is 0 Å². The van der Waals surface area contributed by atoms with Gasteiger partial charge in [-0.05, 0) is 32.8 Å². The third-order valence-electron chi connectivity index (χ3n) is 3.13. The van der Waals surface area contributed by atoms with Crippen molar-refractivity contribution in [2.45, 2.75) is 33.6 Å². The zero-order valence-electron chi connectivity index (χ0n) is 12.1. The number of carbonyl (C=O) groups is 2. The summed E-state index contributed by atoms with van der Waals surface area (Å²) >= 11 is 0. The number of aromatic nitrogens is 1. The third-order valence-corrected chi connectivity index (χ3v) is 3.13. The van der Waals surface area contributed by atoms with Crippen molar-refractivity contribution < 1.29 is 14.7 Å². The van der Waals surface area contributed by atoms with Gasteiger partial charge in [-0.3, -0.25) is 14.6 Å². The lowest BCUT2D eigenvalue weighted by Gasteiger charge is -2.13. The van der Waals surface area contributed by atoms with E-state index in [-0.39, 0.29) is 5.92 Å². The number of hydrogen-bond acceptors (Lipinski definition) is 4. The number of aliphatic carboxylic acids is 1. The highest BCUT2D eigenvalue weighted by Gasteiger charge is 2.14. The molecular weight excluding hydrogens is 258 g/mol. The molecule has 110 valence electrons. The minimum absolute atomic E-state index is 0.367. The maximum Gasteiger partial charge on any atom is 0.306 e. The second kappa shape index (κ2) is 6.88. The van der Waals surface area contributed by atoms with Crippen molar-refractivity contribution in [1.82, 2.24) is 4.98 Å². The molecule has 0 fully saturated rings. The highest BCUT2D eigenvalue weighted by Crippen LogP contribution is 2.19. The Bertz CT molecular complexity index is 515. The van der Waals surface area contributed by atoms with E-state index in [1.807, 2.05) is 6.92 Å². The Morgan fingerprint density at radius 1 is 1.45 bits per heavy atom. The van der Waals surface area contributed by atoms with Crippen molar-refractivity contribution in [2.24, 2.45) is 11.7 Å². The number of carboxylic acids is 1. The van der Waals surface area contributed by atoms with Crippen LogP contribution in [0.15, 0.2) is 6.07 Å². The molecular formula is C14H21N3O3. The highest BCUT2D eigenvalue weighted by atomic mass is 16.4. The van der Waals surface area contributed by atoms with Crippen LogP contribution in [0.5, 0.6) is 0 Å². The van der Waals surface area contributed by atoms with Crippen LogP contribution in [0.1, 0.15) is 41.5 Å². The van der Waals surface area contributed by atoms with Crippen LogP contribution in [-0.4, -0.2) is 28.5 Å². The highest BCUT2D eigenvalue weighted by molar-refractivity contribution is 5.99. The molecule has 1 heterocycles. The summed E-state index contributed by atoms with van der Waals surface area (Å²) in [6, 6.07) is 1.77. The number of amides is 1. The minimum atomic E-state index is -0.793. The van der Waals surface area contributed by atoms with Gasteiger partial charge < -0.3 is 16.2 Å². The summed E-state index contributed by atoms with van der Waals surface area (Å²) in [6.45, 7) is 5.85. The average molecular weight is 279 g/mol. The van der Waals surface area contributed by atoms with Crippen LogP contribution in [0.4, 0.5) is 5.69 Å². The maximum absolute atomic E-state index is 11.4. The summed E-state index contributed by atoms with van der Waals surface area (Å²) in [7, 11) is 0. The molecule has 4 N–H and O–H groups in total. The van der Waals surface area contributed by atoms with E-state index in [9.17, 15) is 9.59 Å². The minimum Gasteiger partial charge on any atom is -0.481 e. The quantitative estimate of drug-likeness (QED) is 0.659. The van der Waals surface area contributed by atoms with Gasteiger partial charge in [-0.2, -0.15) is 0 Å². The molecule has 6 nitrogen and oxygen atoms in total. The van der Waals surface area contributed by atoms with E-state index in [0.717, 1.165) is 5.69 Å². The molecule has 20 heavy (non-hydrogen) atoms. The fraction of sp³-hybridized carbons (Fsp3) is 0.500. The number of nitrogens with one attached hydrogen (secondary N) is 1. The summed E-state index contributed by atoms with van der Waals surface area (Å²) in [5.41, 5.74) is 7.81. The molecule has 0 saturated heterocycles. The molecule has 0 aromatic carbocycles.